The molecule has 0 aliphatic carbocycles. The molecule has 1 N–H and O–H groups in total. The van der Waals surface area contributed by atoms with E-state index in [1.54, 1.807) is 0 Å². The van der Waals surface area contributed by atoms with Gasteiger partial charge in [0.25, 0.3) is 0 Å². The Morgan fingerprint density at radius 1 is 1.42 bits per heavy atom. The molecule has 0 spiro atoms. The van der Waals surface area contributed by atoms with E-state index in [9.17, 15) is 5.26 Å². The van der Waals surface area contributed by atoms with E-state index in [1.807, 2.05) is 6.92 Å². The number of rotatable bonds is 5. The quantitative estimate of drug-likeness (QED) is 0.816. The van der Waals surface area contributed by atoms with Gasteiger partial charge in [-0.3, -0.25) is 15.1 Å². The molecule has 0 aromatic rings. The van der Waals surface area contributed by atoms with Crippen LogP contribution in [0.15, 0.2) is 0 Å². The molecule has 2 fully saturated rings. The van der Waals surface area contributed by atoms with Crippen molar-refractivity contribution < 1.29 is 0 Å². The molecular formula is C15H28N4. The van der Waals surface area contributed by atoms with E-state index in [-0.39, 0.29) is 5.54 Å². The fourth-order valence-corrected chi connectivity index (χ4v) is 3.68. The summed E-state index contributed by atoms with van der Waals surface area (Å²) in [5, 5.41) is 12.7. The van der Waals surface area contributed by atoms with E-state index in [0.29, 0.717) is 6.04 Å². The third-order valence-corrected chi connectivity index (χ3v) is 4.76. The van der Waals surface area contributed by atoms with E-state index in [0.717, 1.165) is 25.6 Å². The molecule has 3 atom stereocenters. The molecule has 3 unspecified atom stereocenters. The Hall–Kier alpha value is -0.630. The largest absolute Gasteiger partial charge is 0.300 e. The van der Waals surface area contributed by atoms with Gasteiger partial charge in [-0.1, -0.05) is 6.92 Å². The molecule has 19 heavy (non-hydrogen) atoms. The molecule has 0 radical (unpaired) electrons. The van der Waals surface area contributed by atoms with Crippen molar-refractivity contribution in [1.82, 2.24) is 15.1 Å². The van der Waals surface area contributed by atoms with Crippen molar-refractivity contribution in [3.05, 3.63) is 0 Å². The van der Waals surface area contributed by atoms with Crippen LogP contribution in [0.3, 0.4) is 0 Å². The highest BCUT2D eigenvalue weighted by Crippen LogP contribution is 2.24. The van der Waals surface area contributed by atoms with Gasteiger partial charge in [0.15, 0.2) is 0 Å². The minimum Gasteiger partial charge on any atom is -0.300 e. The van der Waals surface area contributed by atoms with Crippen molar-refractivity contribution in [3.63, 3.8) is 0 Å². The molecule has 2 aliphatic rings. The second-order valence-corrected chi connectivity index (χ2v) is 6.35. The van der Waals surface area contributed by atoms with Gasteiger partial charge in [0.2, 0.25) is 0 Å². The van der Waals surface area contributed by atoms with Gasteiger partial charge in [-0.15, -0.1) is 0 Å². The second kappa shape index (κ2) is 6.21. The first-order chi connectivity index (χ1) is 9.08. The van der Waals surface area contributed by atoms with Gasteiger partial charge in [0.05, 0.1) is 6.07 Å². The highest BCUT2D eigenvalue weighted by Gasteiger charge is 2.34. The lowest BCUT2D eigenvalue weighted by Crippen LogP contribution is -2.55. The van der Waals surface area contributed by atoms with Crippen LogP contribution in [-0.2, 0) is 0 Å². The Morgan fingerprint density at radius 3 is 2.89 bits per heavy atom. The molecule has 0 aromatic carbocycles. The normalized spacial score (nSPS) is 29.5. The molecule has 4 heteroatoms. The average molecular weight is 264 g/mol. The summed E-state index contributed by atoms with van der Waals surface area (Å²) in [7, 11) is 0. The topological polar surface area (TPSA) is 42.3 Å². The van der Waals surface area contributed by atoms with Crippen LogP contribution in [0.1, 0.15) is 40.0 Å². The van der Waals surface area contributed by atoms with E-state index in [1.165, 1.54) is 32.5 Å². The average Bonchev–Trinajstić information content (AvgIpc) is 2.86. The number of fused-ring (bicyclic) bond motifs is 1. The maximum Gasteiger partial charge on any atom is 0.105 e. The predicted octanol–water partition coefficient (Wildman–Crippen LogP) is 1.44. The molecule has 2 aliphatic heterocycles. The van der Waals surface area contributed by atoms with Crippen LogP contribution in [-0.4, -0.2) is 60.1 Å². The first kappa shape index (κ1) is 14.8. The Balaban J connectivity index is 1.89. The van der Waals surface area contributed by atoms with Gasteiger partial charge in [0, 0.05) is 31.7 Å². The van der Waals surface area contributed by atoms with Gasteiger partial charge >= 0.3 is 0 Å². The molecule has 2 heterocycles. The highest BCUT2D eigenvalue weighted by atomic mass is 15.3. The summed E-state index contributed by atoms with van der Waals surface area (Å²) in [6, 6.07) is 3.69. The fraction of sp³-hybridized carbons (Fsp3) is 0.933. The number of nitrogens with one attached hydrogen (secondary N) is 1. The van der Waals surface area contributed by atoms with Crippen LogP contribution in [0, 0.1) is 11.3 Å². The first-order valence-corrected chi connectivity index (χ1v) is 7.72. The smallest absolute Gasteiger partial charge is 0.105 e. The van der Waals surface area contributed by atoms with Crippen molar-refractivity contribution in [2.24, 2.45) is 0 Å². The van der Waals surface area contributed by atoms with Gasteiger partial charge < -0.3 is 0 Å². The second-order valence-electron chi connectivity index (χ2n) is 6.35. The lowest BCUT2D eigenvalue weighted by molar-refractivity contribution is 0.0677. The third-order valence-electron chi connectivity index (χ3n) is 4.76. The van der Waals surface area contributed by atoms with Crippen LogP contribution in [0.2, 0.25) is 0 Å². The molecule has 4 nitrogen and oxygen atoms in total. The Kier molecular flexibility index (Phi) is 4.83. The first-order valence-electron chi connectivity index (χ1n) is 7.72. The highest BCUT2D eigenvalue weighted by molar-refractivity contribution is 5.05. The van der Waals surface area contributed by atoms with Crippen LogP contribution < -0.4 is 5.32 Å². The summed E-state index contributed by atoms with van der Waals surface area (Å²) >= 11 is 0. The van der Waals surface area contributed by atoms with E-state index >= 15 is 0 Å². The van der Waals surface area contributed by atoms with Crippen LogP contribution in [0.4, 0.5) is 0 Å². The lowest BCUT2D eigenvalue weighted by atomic mass is 9.93. The fourth-order valence-electron chi connectivity index (χ4n) is 3.68. The van der Waals surface area contributed by atoms with Gasteiger partial charge in [-0.05, 0) is 46.2 Å². The molecule has 108 valence electrons. The zero-order valence-corrected chi connectivity index (χ0v) is 12.7. The van der Waals surface area contributed by atoms with Crippen LogP contribution in [0.5, 0.6) is 0 Å². The number of nitriles is 1. The van der Waals surface area contributed by atoms with Crippen LogP contribution >= 0.6 is 0 Å². The van der Waals surface area contributed by atoms with Crippen molar-refractivity contribution in [2.75, 3.05) is 32.7 Å². The monoisotopic (exact) mass is 264 g/mol. The molecule has 0 bridgehead atoms. The van der Waals surface area contributed by atoms with Crippen molar-refractivity contribution in [3.8, 4) is 6.07 Å². The van der Waals surface area contributed by atoms with Crippen molar-refractivity contribution in [2.45, 2.75) is 57.7 Å². The molecule has 0 aromatic heterocycles. The predicted molar refractivity (Wildman–Crippen MR) is 77.9 cm³/mol. The maximum absolute atomic E-state index is 9.37. The van der Waals surface area contributed by atoms with Crippen molar-refractivity contribution >= 4 is 0 Å². The number of hydrogen-bond acceptors (Lipinski definition) is 4. The van der Waals surface area contributed by atoms with E-state index < -0.39 is 0 Å². The van der Waals surface area contributed by atoms with Crippen molar-refractivity contribution in [1.29, 1.82) is 5.26 Å². The van der Waals surface area contributed by atoms with Gasteiger partial charge in [-0.25, -0.2) is 0 Å². The minimum absolute atomic E-state index is 0.388. The number of hydrogen-bond donors (Lipinski definition) is 1. The maximum atomic E-state index is 9.37. The molecule has 2 rings (SSSR count). The summed E-state index contributed by atoms with van der Waals surface area (Å²) < 4.78 is 0. The zero-order valence-electron chi connectivity index (χ0n) is 12.7. The minimum atomic E-state index is -0.388. The number of piperazine rings is 1. The lowest BCUT2D eigenvalue weighted by Gasteiger charge is -2.42. The van der Waals surface area contributed by atoms with Crippen LogP contribution in [0.25, 0.3) is 0 Å². The SMILES string of the molecule is CCNC(C)(C#N)CC(C)N1CCN2CCCC2C1. The third kappa shape index (κ3) is 3.47. The summed E-state index contributed by atoms with van der Waals surface area (Å²) in [4.78, 5) is 5.22. The summed E-state index contributed by atoms with van der Waals surface area (Å²) in [6.07, 6.45) is 3.62. The number of nitrogens with zero attached hydrogens (tertiary/aromatic N) is 3. The molecule has 0 saturated carbocycles. The van der Waals surface area contributed by atoms with Gasteiger partial charge in [-0.2, -0.15) is 5.26 Å². The molecular weight excluding hydrogens is 236 g/mol. The van der Waals surface area contributed by atoms with Gasteiger partial charge in [0.1, 0.15) is 5.54 Å². The Bertz CT molecular complexity index is 338. The Morgan fingerprint density at radius 2 is 2.21 bits per heavy atom. The summed E-state index contributed by atoms with van der Waals surface area (Å²) in [5.41, 5.74) is -0.388. The Labute approximate surface area is 117 Å². The van der Waals surface area contributed by atoms with E-state index in [4.69, 9.17) is 0 Å². The zero-order chi connectivity index (χ0) is 13.9. The summed E-state index contributed by atoms with van der Waals surface area (Å²) in [5.74, 6) is 0. The standard InChI is InChI=1S/C15H28N4/c1-4-17-15(3,12-16)10-13(2)19-9-8-18-7-5-6-14(18)11-19/h13-14,17H,4-11H2,1-3H3. The molecule has 2 saturated heterocycles. The summed E-state index contributed by atoms with van der Waals surface area (Å²) in [6.45, 7) is 12.1. The van der Waals surface area contributed by atoms with E-state index in [2.05, 4.69) is 35.0 Å². The molecule has 0 amide bonds.